The zero-order valence-electron chi connectivity index (χ0n) is 16.9. The smallest absolute Gasteiger partial charge is 0.224 e. The van der Waals surface area contributed by atoms with Gasteiger partial charge in [0.15, 0.2) is 5.96 Å². The van der Waals surface area contributed by atoms with Crippen LogP contribution in [0.4, 0.5) is 5.69 Å². The van der Waals surface area contributed by atoms with Crippen molar-refractivity contribution in [3.63, 3.8) is 0 Å². The molecule has 0 atom stereocenters. The molecule has 0 spiro atoms. The molecular weight excluding hydrogens is 483 g/mol. The third kappa shape index (κ3) is 6.58. The molecule has 1 fully saturated rings. The molecule has 9 nitrogen and oxygen atoms in total. The van der Waals surface area contributed by atoms with Crippen molar-refractivity contribution in [3.8, 4) is 0 Å². The van der Waals surface area contributed by atoms with Crippen LogP contribution in [0, 0.1) is 0 Å². The second-order valence-electron chi connectivity index (χ2n) is 6.61. The summed E-state index contributed by atoms with van der Waals surface area (Å²) in [5.74, 6) is 1.63. The van der Waals surface area contributed by atoms with Crippen LogP contribution in [0.2, 0.25) is 0 Å². The van der Waals surface area contributed by atoms with Gasteiger partial charge in [0.25, 0.3) is 0 Å². The molecule has 1 aromatic heterocycles. The Kier molecular flexibility index (Phi) is 9.16. The highest BCUT2D eigenvalue weighted by Gasteiger charge is 2.20. The summed E-state index contributed by atoms with van der Waals surface area (Å²) in [6, 6.07) is 10.3. The molecule has 1 aliphatic heterocycles. The number of carbonyl (C=O) groups is 1. The first-order valence-corrected chi connectivity index (χ1v) is 9.52. The maximum atomic E-state index is 12.5. The highest BCUT2D eigenvalue weighted by molar-refractivity contribution is 14.0. The van der Waals surface area contributed by atoms with Gasteiger partial charge >= 0.3 is 0 Å². The number of aromatic nitrogens is 3. The Bertz CT molecular complexity index is 787. The number of halogens is 1. The lowest BCUT2D eigenvalue weighted by Gasteiger charge is -2.36. The molecule has 10 heteroatoms. The van der Waals surface area contributed by atoms with Gasteiger partial charge in [-0.1, -0.05) is 18.2 Å². The molecule has 0 aliphatic carbocycles. The highest BCUT2D eigenvalue weighted by atomic mass is 127. The van der Waals surface area contributed by atoms with E-state index in [2.05, 4.69) is 42.7 Å². The molecule has 2 N–H and O–H groups in total. The van der Waals surface area contributed by atoms with Crippen LogP contribution >= 0.6 is 24.0 Å². The van der Waals surface area contributed by atoms with Crippen LogP contribution in [0.3, 0.4) is 0 Å². The van der Waals surface area contributed by atoms with Crippen LogP contribution in [0.15, 0.2) is 41.7 Å². The number of para-hydroxylation sites is 1. The predicted octanol–water partition coefficient (Wildman–Crippen LogP) is 0.837. The fourth-order valence-corrected chi connectivity index (χ4v) is 3.16. The minimum absolute atomic E-state index is 0. The molecule has 2 heterocycles. The lowest BCUT2D eigenvalue weighted by molar-refractivity contribution is -0.131. The van der Waals surface area contributed by atoms with E-state index in [1.807, 2.05) is 30.1 Å². The SMILES string of the molecule is CN=C(NCCC(=O)N1CCN(c2ccccc2)CC1)NCc1ncnn1C.I. The molecule has 0 radical (unpaired) electrons. The Balaban J connectivity index is 0.00000300. The molecule has 0 unspecified atom stereocenters. The number of benzene rings is 1. The van der Waals surface area contributed by atoms with Gasteiger partial charge in [0.2, 0.25) is 5.91 Å². The number of hydrogen-bond acceptors (Lipinski definition) is 5. The van der Waals surface area contributed by atoms with Crippen molar-refractivity contribution in [3.05, 3.63) is 42.5 Å². The molecular formula is C19H29IN8O. The number of carbonyl (C=O) groups excluding carboxylic acids is 1. The van der Waals surface area contributed by atoms with E-state index in [9.17, 15) is 4.79 Å². The van der Waals surface area contributed by atoms with Gasteiger partial charge in [-0.15, -0.1) is 24.0 Å². The van der Waals surface area contributed by atoms with E-state index >= 15 is 0 Å². The zero-order valence-corrected chi connectivity index (χ0v) is 19.2. The standard InChI is InChI=1S/C19H28N8O.HI/c1-20-19(22-14-17-23-15-24-25(17)2)21-9-8-18(28)27-12-10-26(11-13-27)16-6-4-3-5-7-16;/h3-7,15H,8-14H2,1-2H3,(H2,20,21,22);1H. The maximum Gasteiger partial charge on any atom is 0.224 e. The number of amides is 1. The van der Waals surface area contributed by atoms with Crippen molar-refractivity contribution in [2.75, 3.05) is 44.7 Å². The molecule has 1 saturated heterocycles. The summed E-state index contributed by atoms with van der Waals surface area (Å²) in [6.45, 7) is 4.30. The van der Waals surface area contributed by atoms with Crippen LogP contribution in [0.5, 0.6) is 0 Å². The molecule has 29 heavy (non-hydrogen) atoms. The lowest BCUT2D eigenvalue weighted by Crippen LogP contribution is -2.49. The van der Waals surface area contributed by atoms with Crippen molar-refractivity contribution in [1.29, 1.82) is 0 Å². The number of nitrogens with one attached hydrogen (secondary N) is 2. The molecule has 158 valence electrons. The van der Waals surface area contributed by atoms with Crippen molar-refractivity contribution in [2.24, 2.45) is 12.0 Å². The maximum absolute atomic E-state index is 12.5. The number of piperazine rings is 1. The Labute approximate surface area is 188 Å². The van der Waals surface area contributed by atoms with Gasteiger partial charge in [-0.2, -0.15) is 5.10 Å². The van der Waals surface area contributed by atoms with E-state index < -0.39 is 0 Å². The summed E-state index contributed by atoms with van der Waals surface area (Å²) in [6.07, 6.45) is 1.96. The number of aryl methyl sites for hydroxylation is 1. The number of guanidine groups is 1. The van der Waals surface area contributed by atoms with Gasteiger partial charge in [0.1, 0.15) is 12.2 Å². The molecule has 1 aromatic carbocycles. The fourth-order valence-electron chi connectivity index (χ4n) is 3.16. The van der Waals surface area contributed by atoms with Crippen LogP contribution < -0.4 is 15.5 Å². The summed E-state index contributed by atoms with van der Waals surface area (Å²) in [5.41, 5.74) is 1.22. The normalized spacial score (nSPS) is 14.3. The summed E-state index contributed by atoms with van der Waals surface area (Å²) in [5, 5.41) is 10.4. The number of nitrogens with zero attached hydrogens (tertiary/aromatic N) is 6. The van der Waals surface area contributed by atoms with Gasteiger partial charge in [-0.05, 0) is 12.1 Å². The van der Waals surface area contributed by atoms with E-state index in [1.54, 1.807) is 11.7 Å². The summed E-state index contributed by atoms with van der Waals surface area (Å²) in [7, 11) is 3.55. The van der Waals surface area contributed by atoms with Crippen molar-refractivity contribution >= 4 is 41.5 Å². The number of rotatable bonds is 6. The third-order valence-electron chi connectivity index (χ3n) is 4.83. The molecule has 3 rings (SSSR count). The van der Waals surface area contributed by atoms with Crippen LogP contribution in [-0.2, 0) is 18.4 Å². The van der Waals surface area contributed by atoms with Crippen molar-refractivity contribution < 1.29 is 4.79 Å². The fraction of sp³-hybridized carbons (Fsp3) is 0.474. The Morgan fingerprint density at radius 2 is 1.86 bits per heavy atom. The van der Waals surface area contributed by atoms with E-state index in [1.165, 1.54) is 12.0 Å². The first kappa shape index (κ1) is 22.9. The summed E-state index contributed by atoms with van der Waals surface area (Å²) in [4.78, 5) is 25.1. The van der Waals surface area contributed by atoms with Gasteiger partial charge in [-0.25, -0.2) is 4.98 Å². The average molecular weight is 512 g/mol. The van der Waals surface area contributed by atoms with Crippen LogP contribution in [-0.4, -0.2) is 71.3 Å². The van der Waals surface area contributed by atoms with Crippen molar-refractivity contribution in [1.82, 2.24) is 30.3 Å². The lowest BCUT2D eigenvalue weighted by atomic mass is 10.2. The Hall–Kier alpha value is -2.37. The topological polar surface area (TPSA) is 90.7 Å². The molecule has 0 bridgehead atoms. The summed E-state index contributed by atoms with van der Waals surface area (Å²) < 4.78 is 1.71. The quantitative estimate of drug-likeness (QED) is 0.339. The van der Waals surface area contributed by atoms with Gasteiger partial charge < -0.3 is 20.4 Å². The minimum atomic E-state index is 0. The molecule has 0 saturated carbocycles. The van der Waals surface area contributed by atoms with Crippen molar-refractivity contribution in [2.45, 2.75) is 13.0 Å². The largest absolute Gasteiger partial charge is 0.368 e. The third-order valence-corrected chi connectivity index (χ3v) is 4.83. The number of hydrogen-bond donors (Lipinski definition) is 2. The minimum Gasteiger partial charge on any atom is -0.368 e. The second kappa shape index (κ2) is 11.6. The molecule has 1 amide bonds. The first-order chi connectivity index (χ1) is 13.7. The monoisotopic (exact) mass is 512 g/mol. The van der Waals surface area contributed by atoms with Gasteiger partial charge in [0.05, 0.1) is 6.54 Å². The van der Waals surface area contributed by atoms with Crippen LogP contribution in [0.1, 0.15) is 12.2 Å². The summed E-state index contributed by atoms with van der Waals surface area (Å²) >= 11 is 0. The molecule has 1 aliphatic rings. The number of anilines is 1. The van der Waals surface area contributed by atoms with E-state index in [0.717, 1.165) is 32.0 Å². The van der Waals surface area contributed by atoms with Crippen LogP contribution in [0.25, 0.3) is 0 Å². The Morgan fingerprint density at radius 3 is 2.48 bits per heavy atom. The zero-order chi connectivity index (χ0) is 19.8. The highest BCUT2D eigenvalue weighted by Crippen LogP contribution is 2.15. The van der Waals surface area contributed by atoms with Gasteiger partial charge in [0, 0.05) is 58.9 Å². The first-order valence-electron chi connectivity index (χ1n) is 9.52. The molecule has 2 aromatic rings. The van der Waals surface area contributed by atoms with E-state index in [0.29, 0.717) is 25.5 Å². The van der Waals surface area contributed by atoms with E-state index in [4.69, 9.17) is 0 Å². The second-order valence-corrected chi connectivity index (χ2v) is 6.61. The number of aliphatic imine (C=N–C) groups is 1. The van der Waals surface area contributed by atoms with Gasteiger partial charge in [-0.3, -0.25) is 14.5 Å². The average Bonchev–Trinajstić information content (AvgIpc) is 3.16. The Morgan fingerprint density at radius 1 is 1.14 bits per heavy atom. The van der Waals surface area contributed by atoms with E-state index in [-0.39, 0.29) is 29.9 Å². The predicted molar refractivity (Wildman–Crippen MR) is 124 cm³/mol.